The van der Waals surface area contributed by atoms with Gasteiger partial charge >= 0.3 is 0 Å². The molecule has 17 heavy (non-hydrogen) atoms. The maximum atomic E-state index is 8.85. The molecule has 0 aliphatic heterocycles. The van der Waals surface area contributed by atoms with E-state index >= 15 is 0 Å². The first kappa shape index (κ1) is 9.67. The molecule has 0 radical (unpaired) electrons. The Hall–Kier alpha value is -2.54. The van der Waals surface area contributed by atoms with E-state index in [1.54, 1.807) is 18.4 Å². The Labute approximate surface area is 97.7 Å². The molecule has 0 fully saturated rings. The molecule has 0 atom stereocenters. The van der Waals surface area contributed by atoms with E-state index in [0.717, 1.165) is 22.6 Å². The van der Waals surface area contributed by atoms with Gasteiger partial charge in [-0.2, -0.15) is 5.26 Å². The Bertz CT molecular complexity index is 717. The van der Waals surface area contributed by atoms with Gasteiger partial charge in [0.15, 0.2) is 11.6 Å². The third-order valence-corrected chi connectivity index (χ3v) is 2.75. The maximum Gasteiger partial charge on any atom is 0.176 e. The fraction of sp³-hybridized carbons (Fsp3) is 0.0769. The zero-order valence-electron chi connectivity index (χ0n) is 9.21. The standard InChI is InChI=1S/C13H9N3O/c1-16-11-5-4-9(8-14)7-10(11)15-13(16)12-3-2-6-17-12/h2-7H,1H3. The molecule has 0 saturated heterocycles. The van der Waals surface area contributed by atoms with E-state index in [9.17, 15) is 0 Å². The maximum absolute atomic E-state index is 8.85. The van der Waals surface area contributed by atoms with Crippen molar-refractivity contribution in [2.24, 2.45) is 7.05 Å². The van der Waals surface area contributed by atoms with Crippen LogP contribution in [0.2, 0.25) is 0 Å². The van der Waals surface area contributed by atoms with Crippen molar-refractivity contribution in [3.8, 4) is 17.7 Å². The highest BCUT2D eigenvalue weighted by atomic mass is 16.3. The summed E-state index contributed by atoms with van der Waals surface area (Å²) >= 11 is 0. The third kappa shape index (κ3) is 1.41. The molecular weight excluding hydrogens is 214 g/mol. The van der Waals surface area contributed by atoms with E-state index in [2.05, 4.69) is 11.1 Å². The van der Waals surface area contributed by atoms with Gasteiger partial charge < -0.3 is 8.98 Å². The fourth-order valence-electron chi connectivity index (χ4n) is 1.90. The lowest BCUT2D eigenvalue weighted by Crippen LogP contribution is -1.90. The van der Waals surface area contributed by atoms with Crippen LogP contribution in [0.5, 0.6) is 0 Å². The van der Waals surface area contributed by atoms with Crippen LogP contribution in [-0.4, -0.2) is 9.55 Å². The zero-order chi connectivity index (χ0) is 11.8. The van der Waals surface area contributed by atoms with Gasteiger partial charge in [-0.1, -0.05) is 0 Å². The predicted octanol–water partition coefficient (Wildman–Crippen LogP) is 2.70. The van der Waals surface area contributed by atoms with Crippen LogP contribution in [-0.2, 0) is 7.05 Å². The Morgan fingerprint density at radius 1 is 1.35 bits per heavy atom. The van der Waals surface area contributed by atoms with Crippen molar-refractivity contribution in [1.29, 1.82) is 5.26 Å². The number of hydrogen-bond acceptors (Lipinski definition) is 3. The van der Waals surface area contributed by atoms with Gasteiger partial charge in [-0.05, 0) is 30.3 Å². The average Bonchev–Trinajstić information content (AvgIpc) is 2.97. The average molecular weight is 223 g/mol. The number of hydrogen-bond donors (Lipinski definition) is 0. The Morgan fingerprint density at radius 3 is 2.94 bits per heavy atom. The number of nitriles is 1. The minimum absolute atomic E-state index is 0.613. The van der Waals surface area contributed by atoms with Crippen LogP contribution in [0.15, 0.2) is 41.0 Å². The van der Waals surface area contributed by atoms with Crippen LogP contribution >= 0.6 is 0 Å². The Kier molecular flexibility index (Phi) is 1.99. The van der Waals surface area contributed by atoms with Crippen molar-refractivity contribution in [2.75, 3.05) is 0 Å². The van der Waals surface area contributed by atoms with E-state index < -0.39 is 0 Å². The summed E-state index contributed by atoms with van der Waals surface area (Å²) in [6.07, 6.45) is 1.62. The molecule has 2 heterocycles. The summed E-state index contributed by atoms with van der Waals surface area (Å²) in [4.78, 5) is 4.48. The van der Waals surface area contributed by atoms with Crippen LogP contribution in [0, 0.1) is 11.3 Å². The van der Waals surface area contributed by atoms with Gasteiger partial charge in [-0.25, -0.2) is 4.98 Å². The molecule has 0 aliphatic carbocycles. The number of fused-ring (bicyclic) bond motifs is 1. The summed E-state index contributed by atoms with van der Waals surface area (Å²) < 4.78 is 7.29. The smallest absolute Gasteiger partial charge is 0.176 e. The molecule has 2 aromatic heterocycles. The highest BCUT2D eigenvalue weighted by Gasteiger charge is 2.11. The SMILES string of the molecule is Cn1c(-c2ccco2)nc2cc(C#N)ccc21. The van der Waals surface area contributed by atoms with Crippen molar-refractivity contribution in [3.05, 3.63) is 42.2 Å². The third-order valence-electron chi connectivity index (χ3n) is 2.75. The second kappa shape index (κ2) is 3.49. The first-order valence-corrected chi connectivity index (χ1v) is 5.20. The number of aryl methyl sites for hydroxylation is 1. The lowest BCUT2D eigenvalue weighted by atomic mass is 10.2. The number of aromatic nitrogens is 2. The summed E-state index contributed by atoms with van der Waals surface area (Å²) in [5.74, 6) is 1.49. The van der Waals surface area contributed by atoms with Crippen molar-refractivity contribution >= 4 is 11.0 Å². The molecule has 0 spiro atoms. The largest absolute Gasteiger partial charge is 0.461 e. The molecule has 0 amide bonds. The molecule has 82 valence electrons. The van der Waals surface area contributed by atoms with Crippen molar-refractivity contribution in [2.45, 2.75) is 0 Å². The van der Waals surface area contributed by atoms with Crippen molar-refractivity contribution in [3.63, 3.8) is 0 Å². The van der Waals surface area contributed by atoms with Gasteiger partial charge in [0.25, 0.3) is 0 Å². The highest BCUT2D eigenvalue weighted by Crippen LogP contribution is 2.24. The van der Waals surface area contributed by atoms with E-state index in [4.69, 9.17) is 9.68 Å². The lowest BCUT2D eigenvalue weighted by molar-refractivity contribution is 0.574. The van der Waals surface area contributed by atoms with Gasteiger partial charge in [0.05, 0.1) is 28.9 Å². The van der Waals surface area contributed by atoms with Crippen molar-refractivity contribution < 1.29 is 4.42 Å². The summed E-state index contributed by atoms with van der Waals surface area (Å²) in [6, 6.07) is 11.3. The summed E-state index contributed by atoms with van der Waals surface area (Å²) in [7, 11) is 1.93. The normalized spacial score (nSPS) is 10.6. The molecule has 0 saturated carbocycles. The monoisotopic (exact) mass is 223 g/mol. The molecule has 4 heteroatoms. The summed E-state index contributed by atoms with van der Waals surface area (Å²) in [6.45, 7) is 0. The Balaban J connectivity index is 2.29. The molecule has 0 bridgehead atoms. The van der Waals surface area contributed by atoms with Crippen LogP contribution in [0.4, 0.5) is 0 Å². The van der Waals surface area contributed by atoms with Crippen molar-refractivity contribution in [1.82, 2.24) is 9.55 Å². The first-order chi connectivity index (χ1) is 8.29. The van der Waals surface area contributed by atoms with Gasteiger partial charge in [0.2, 0.25) is 0 Å². The fourth-order valence-corrected chi connectivity index (χ4v) is 1.90. The summed E-state index contributed by atoms with van der Waals surface area (Å²) in [5.41, 5.74) is 2.40. The second-order valence-corrected chi connectivity index (χ2v) is 3.79. The molecule has 1 aromatic carbocycles. The minimum atomic E-state index is 0.613. The van der Waals surface area contributed by atoms with Crippen LogP contribution in [0.3, 0.4) is 0 Å². The number of benzene rings is 1. The molecule has 3 aromatic rings. The topological polar surface area (TPSA) is 54.8 Å². The predicted molar refractivity (Wildman–Crippen MR) is 63.1 cm³/mol. The molecule has 0 aliphatic rings. The van der Waals surface area contributed by atoms with Crippen LogP contribution in [0.25, 0.3) is 22.6 Å². The van der Waals surface area contributed by atoms with E-state index in [1.807, 2.05) is 29.8 Å². The number of rotatable bonds is 1. The molecule has 3 rings (SSSR count). The summed E-state index contributed by atoms with van der Waals surface area (Å²) in [5, 5.41) is 8.85. The van der Waals surface area contributed by atoms with E-state index in [1.165, 1.54) is 0 Å². The number of nitrogens with zero attached hydrogens (tertiary/aromatic N) is 3. The number of imidazole rings is 1. The quantitative estimate of drug-likeness (QED) is 0.637. The minimum Gasteiger partial charge on any atom is -0.461 e. The van der Waals surface area contributed by atoms with Gasteiger partial charge in [0.1, 0.15) is 0 Å². The second-order valence-electron chi connectivity index (χ2n) is 3.79. The molecular formula is C13H9N3O. The van der Waals surface area contributed by atoms with Crippen LogP contribution in [0.1, 0.15) is 5.56 Å². The zero-order valence-corrected chi connectivity index (χ0v) is 9.21. The molecule has 4 nitrogen and oxygen atoms in total. The molecule has 0 N–H and O–H groups in total. The Morgan fingerprint density at radius 2 is 2.24 bits per heavy atom. The van der Waals surface area contributed by atoms with Gasteiger partial charge in [-0.3, -0.25) is 0 Å². The van der Waals surface area contributed by atoms with Crippen LogP contribution < -0.4 is 0 Å². The van der Waals surface area contributed by atoms with E-state index in [0.29, 0.717) is 5.56 Å². The van der Waals surface area contributed by atoms with Gasteiger partial charge in [0, 0.05) is 7.05 Å². The highest BCUT2D eigenvalue weighted by molar-refractivity contribution is 5.81. The lowest BCUT2D eigenvalue weighted by Gasteiger charge is -1.98. The molecule has 0 unspecified atom stereocenters. The first-order valence-electron chi connectivity index (χ1n) is 5.20. The van der Waals surface area contributed by atoms with E-state index in [-0.39, 0.29) is 0 Å². The number of furan rings is 1. The van der Waals surface area contributed by atoms with Gasteiger partial charge in [-0.15, -0.1) is 0 Å².